The lowest BCUT2D eigenvalue weighted by atomic mass is 9.84. The second-order valence-corrected chi connectivity index (χ2v) is 11.0. The van der Waals surface area contributed by atoms with Crippen LogP contribution in [-0.2, 0) is 0 Å². The monoisotopic (exact) mass is 554 g/mol. The van der Waals surface area contributed by atoms with Gasteiger partial charge in [0.05, 0.1) is 45.6 Å². The minimum atomic E-state index is -0.678. The van der Waals surface area contributed by atoms with Crippen LogP contribution in [-0.4, -0.2) is 52.2 Å². The van der Waals surface area contributed by atoms with E-state index in [-0.39, 0.29) is 22.8 Å². The molecule has 1 atom stereocenters. The largest absolute Gasteiger partial charge is 0.374 e. The summed E-state index contributed by atoms with van der Waals surface area (Å²) in [5.74, 6) is 0.00175. The van der Waals surface area contributed by atoms with Gasteiger partial charge in [-0.3, -0.25) is 24.8 Å². The number of carbonyl (C=O) groups is 1. The van der Waals surface area contributed by atoms with Crippen molar-refractivity contribution < 1.29 is 14.3 Å². The van der Waals surface area contributed by atoms with Gasteiger partial charge >= 0.3 is 0 Å². The van der Waals surface area contributed by atoms with Crippen LogP contribution in [0.3, 0.4) is 0 Å². The molecular weight excluding hydrogens is 531 g/mol. The van der Waals surface area contributed by atoms with E-state index >= 15 is 4.39 Å². The predicted octanol–water partition coefficient (Wildman–Crippen LogP) is 5.56. The number of aliphatic hydroxyl groups is 1. The van der Waals surface area contributed by atoms with Crippen LogP contribution in [0.2, 0.25) is 0 Å². The minimum Gasteiger partial charge on any atom is -0.374 e. The van der Waals surface area contributed by atoms with E-state index in [1.165, 1.54) is 30.7 Å². The molecule has 40 heavy (non-hydrogen) atoms. The Morgan fingerprint density at radius 2 is 1.98 bits per heavy atom. The topological polar surface area (TPSA) is 145 Å². The number of halogens is 1. The van der Waals surface area contributed by atoms with Gasteiger partial charge in [-0.25, -0.2) is 9.37 Å². The molecule has 0 aliphatic heterocycles. The van der Waals surface area contributed by atoms with Crippen molar-refractivity contribution in [2.45, 2.75) is 32.4 Å². The zero-order valence-electron chi connectivity index (χ0n) is 21.3. The van der Waals surface area contributed by atoms with Crippen LogP contribution < -0.4 is 5.32 Å². The molecule has 0 amide bonds. The third-order valence-electron chi connectivity index (χ3n) is 7.30. The highest BCUT2D eigenvalue weighted by molar-refractivity contribution is 7.17. The van der Waals surface area contributed by atoms with E-state index < -0.39 is 12.0 Å². The molecule has 6 heterocycles. The number of hydrogen-bond donors (Lipinski definition) is 4. The highest BCUT2D eigenvalue weighted by Crippen LogP contribution is 2.36. The van der Waals surface area contributed by atoms with Crippen molar-refractivity contribution in [2.24, 2.45) is 5.92 Å². The number of imidazole rings is 1. The van der Waals surface area contributed by atoms with E-state index in [1.54, 1.807) is 30.7 Å². The summed E-state index contributed by atoms with van der Waals surface area (Å²) in [6, 6.07) is 5.38. The average molecular weight is 555 g/mol. The van der Waals surface area contributed by atoms with Crippen LogP contribution in [0.1, 0.15) is 35.9 Å². The van der Waals surface area contributed by atoms with Crippen molar-refractivity contribution in [3.8, 4) is 33.2 Å². The van der Waals surface area contributed by atoms with Gasteiger partial charge in [0, 0.05) is 34.3 Å². The number of rotatable bonds is 7. The molecule has 1 saturated carbocycles. The normalized spacial score (nSPS) is 14.5. The SMILES string of the molecule is CC(=O)c1ccc(-c2cncc3[nH]c(-c4n[nH]c5cnc(-c6cncc(NC(O)C7CCC7)c6)c(F)c45)nc23)s1. The Labute approximate surface area is 230 Å². The zero-order chi connectivity index (χ0) is 27.4. The number of pyridine rings is 3. The summed E-state index contributed by atoms with van der Waals surface area (Å²) >= 11 is 1.37. The number of fused-ring (bicyclic) bond motifs is 2. The molecule has 200 valence electrons. The van der Waals surface area contributed by atoms with Gasteiger partial charge in [0.25, 0.3) is 0 Å². The second-order valence-electron chi connectivity index (χ2n) is 9.91. The average Bonchev–Trinajstić information content (AvgIpc) is 3.65. The number of Topliss-reactive ketones (excluding diaryl/α,β-unsaturated/α-hetero) is 1. The van der Waals surface area contributed by atoms with Crippen LogP contribution >= 0.6 is 11.3 Å². The minimum absolute atomic E-state index is 0.00644. The molecule has 0 radical (unpaired) electrons. The van der Waals surface area contributed by atoms with Crippen molar-refractivity contribution >= 4 is 44.7 Å². The number of nitrogens with zero attached hydrogens (tertiary/aromatic N) is 5. The summed E-state index contributed by atoms with van der Waals surface area (Å²) < 4.78 is 16.1. The number of hydrogen-bond acceptors (Lipinski definition) is 9. The molecule has 1 aliphatic carbocycles. The van der Waals surface area contributed by atoms with Crippen LogP contribution in [0, 0.1) is 11.7 Å². The van der Waals surface area contributed by atoms with E-state index in [0.717, 1.165) is 29.7 Å². The van der Waals surface area contributed by atoms with Gasteiger partial charge in [0.15, 0.2) is 17.4 Å². The smallest absolute Gasteiger partial charge is 0.169 e. The molecule has 0 saturated heterocycles. The Hall–Kier alpha value is -4.55. The van der Waals surface area contributed by atoms with Crippen LogP contribution in [0.4, 0.5) is 10.1 Å². The number of H-pyrrole nitrogens is 2. The van der Waals surface area contributed by atoms with E-state index in [9.17, 15) is 9.90 Å². The molecule has 0 bridgehead atoms. The molecule has 4 N–H and O–H groups in total. The third kappa shape index (κ3) is 4.12. The summed E-state index contributed by atoms with van der Waals surface area (Å²) in [4.78, 5) is 34.2. The van der Waals surface area contributed by atoms with E-state index in [0.29, 0.717) is 44.2 Å². The number of aliphatic hydroxyl groups excluding tert-OH is 1. The first-order valence-corrected chi connectivity index (χ1v) is 13.7. The highest BCUT2D eigenvalue weighted by Gasteiger charge is 2.26. The quantitative estimate of drug-likeness (QED) is 0.148. The number of nitrogens with one attached hydrogen (secondary N) is 3. The van der Waals surface area contributed by atoms with E-state index in [1.807, 2.05) is 6.07 Å². The van der Waals surface area contributed by atoms with Gasteiger partial charge in [0.2, 0.25) is 0 Å². The Bertz CT molecular complexity index is 1910. The fraction of sp³-hybridized carbons (Fsp3) is 0.214. The fourth-order valence-corrected chi connectivity index (χ4v) is 5.85. The highest BCUT2D eigenvalue weighted by atomic mass is 32.1. The molecule has 12 heteroatoms. The Balaban J connectivity index is 1.28. The molecule has 6 aromatic heterocycles. The van der Waals surface area contributed by atoms with Gasteiger partial charge in [-0.05, 0) is 38.0 Å². The van der Waals surface area contributed by atoms with E-state index in [4.69, 9.17) is 4.98 Å². The van der Waals surface area contributed by atoms with Crippen molar-refractivity contribution in [2.75, 3.05) is 5.32 Å². The molecule has 0 spiro atoms. The standard InChI is InChI=1S/C28H23FN8O2S/c1-13(38)20-5-6-21(40-20)17-10-31-11-19-25(17)35-27(34-19)26-22-18(36-37-26)12-32-24(23(22)29)15-7-16(9-30-8-15)33-28(39)14-3-2-4-14/h5-12,14,28,33,39H,2-4H2,1H3,(H,34,35)(H,36,37). The lowest BCUT2D eigenvalue weighted by Crippen LogP contribution is -2.33. The molecule has 6 aromatic rings. The molecule has 1 aliphatic rings. The molecule has 0 aromatic carbocycles. The number of anilines is 1. The maximum absolute atomic E-state index is 16.1. The van der Waals surface area contributed by atoms with Gasteiger partial charge in [-0.2, -0.15) is 5.10 Å². The first kappa shape index (κ1) is 24.5. The maximum atomic E-state index is 16.1. The van der Waals surface area contributed by atoms with Crippen molar-refractivity contribution in [3.63, 3.8) is 0 Å². The van der Waals surface area contributed by atoms with Crippen LogP contribution in [0.15, 0.2) is 49.2 Å². The van der Waals surface area contributed by atoms with Gasteiger partial charge in [0.1, 0.15) is 23.1 Å². The first-order chi connectivity index (χ1) is 19.5. The third-order valence-corrected chi connectivity index (χ3v) is 8.52. The lowest BCUT2D eigenvalue weighted by Gasteiger charge is -2.31. The predicted molar refractivity (Wildman–Crippen MR) is 150 cm³/mol. The van der Waals surface area contributed by atoms with Gasteiger partial charge in [-0.15, -0.1) is 11.3 Å². The number of thiophene rings is 1. The number of carbonyl (C=O) groups excluding carboxylic acids is 1. The molecule has 7 rings (SSSR count). The summed E-state index contributed by atoms with van der Waals surface area (Å²) in [7, 11) is 0. The number of aromatic amines is 2. The summed E-state index contributed by atoms with van der Waals surface area (Å²) in [6.07, 6.45) is 10.4. The second kappa shape index (κ2) is 9.57. The van der Waals surface area contributed by atoms with Gasteiger partial charge < -0.3 is 15.4 Å². The molecule has 1 fully saturated rings. The number of ketones is 1. The van der Waals surface area contributed by atoms with Crippen LogP contribution in [0.25, 0.3) is 55.2 Å². The van der Waals surface area contributed by atoms with Crippen molar-refractivity contribution in [1.82, 2.24) is 35.1 Å². The summed E-state index contributed by atoms with van der Waals surface area (Å²) in [5, 5.41) is 20.9. The zero-order valence-corrected chi connectivity index (χ0v) is 22.1. The van der Waals surface area contributed by atoms with Gasteiger partial charge in [-0.1, -0.05) is 6.42 Å². The molecule has 10 nitrogen and oxygen atoms in total. The summed E-state index contributed by atoms with van der Waals surface area (Å²) in [5.41, 5.74) is 3.94. The fourth-order valence-electron chi connectivity index (χ4n) is 4.94. The first-order valence-electron chi connectivity index (χ1n) is 12.8. The maximum Gasteiger partial charge on any atom is 0.169 e. The van der Waals surface area contributed by atoms with Crippen LogP contribution in [0.5, 0.6) is 0 Å². The summed E-state index contributed by atoms with van der Waals surface area (Å²) in [6.45, 7) is 1.53. The molecular formula is C28H23FN8O2S. The molecule has 1 unspecified atom stereocenters. The van der Waals surface area contributed by atoms with E-state index in [2.05, 4.69) is 35.5 Å². The lowest BCUT2D eigenvalue weighted by molar-refractivity contribution is 0.0851. The Morgan fingerprint density at radius 3 is 2.75 bits per heavy atom. The Kier molecular flexibility index (Phi) is 5.86. The van der Waals surface area contributed by atoms with Crippen molar-refractivity contribution in [1.29, 1.82) is 0 Å². The van der Waals surface area contributed by atoms with Crippen molar-refractivity contribution in [3.05, 3.63) is 59.9 Å². The number of aromatic nitrogens is 7. The Morgan fingerprint density at radius 1 is 1.12 bits per heavy atom.